The van der Waals surface area contributed by atoms with Gasteiger partial charge in [0.2, 0.25) is 0 Å². The number of aromatic carboxylic acids is 1. The van der Waals surface area contributed by atoms with E-state index in [9.17, 15) is 14.7 Å². The van der Waals surface area contributed by atoms with E-state index in [1.807, 2.05) is 19.1 Å². The maximum absolute atomic E-state index is 11.7. The lowest BCUT2D eigenvalue weighted by molar-refractivity contribution is -0.144. The number of carboxylic acids is 1. The van der Waals surface area contributed by atoms with Crippen LogP contribution in [0.25, 0.3) is 0 Å². The van der Waals surface area contributed by atoms with Gasteiger partial charge in [-0.3, -0.25) is 14.6 Å². The second-order valence-electron chi connectivity index (χ2n) is 8.28. The molecule has 0 saturated carbocycles. The molecule has 1 heterocycles. The topological polar surface area (TPSA) is 117 Å². The van der Waals surface area contributed by atoms with E-state index in [2.05, 4.69) is 27.2 Å². The molecule has 0 aliphatic carbocycles. The third-order valence-electron chi connectivity index (χ3n) is 5.88. The minimum Gasteiger partial charge on any atom is -0.478 e. The van der Waals surface area contributed by atoms with Gasteiger partial charge in [-0.1, -0.05) is 12.1 Å². The molecule has 1 fully saturated rings. The Morgan fingerprint density at radius 1 is 1.12 bits per heavy atom. The van der Waals surface area contributed by atoms with Gasteiger partial charge in [0.25, 0.3) is 0 Å². The third-order valence-corrected chi connectivity index (χ3v) is 5.88. The highest BCUT2D eigenvalue weighted by atomic mass is 16.5. The summed E-state index contributed by atoms with van der Waals surface area (Å²) in [4.78, 5) is 27.8. The number of carbonyl (C=O) groups excluding carboxylic acids is 1. The smallest absolute Gasteiger partial charge is 0.336 e. The monoisotopic (exact) mass is 470 g/mol. The molecule has 0 aromatic heterocycles. The van der Waals surface area contributed by atoms with Crippen molar-refractivity contribution in [3.8, 4) is 0 Å². The van der Waals surface area contributed by atoms with Crippen molar-refractivity contribution in [3.05, 3.63) is 53.1 Å². The van der Waals surface area contributed by atoms with Crippen LogP contribution in [-0.4, -0.2) is 79.9 Å². The summed E-state index contributed by atoms with van der Waals surface area (Å²) in [6.45, 7) is 7.17. The van der Waals surface area contributed by atoms with Crippen molar-refractivity contribution in [1.29, 1.82) is 0 Å². The van der Waals surface area contributed by atoms with Gasteiger partial charge in [-0.15, -0.1) is 0 Å². The van der Waals surface area contributed by atoms with Gasteiger partial charge in [0.1, 0.15) is 0 Å². The predicted octanol–water partition coefficient (Wildman–Crippen LogP) is 2.58. The maximum atomic E-state index is 11.7. The highest BCUT2D eigenvalue weighted by Crippen LogP contribution is 2.30. The number of hydrogen-bond donors (Lipinski definition) is 3. The molecular formula is C25H34N4O5. The first-order valence-corrected chi connectivity index (χ1v) is 11.5. The van der Waals surface area contributed by atoms with E-state index in [0.29, 0.717) is 43.1 Å². The Balaban J connectivity index is 1.63. The van der Waals surface area contributed by atoms with E-state index in [4.69, 9.17) is 15.2 Å². The van der Waals surface area contributed by atoms with E-state index >= 15 is 0 Å². The molecule has 0 amide bonds. The number of benzene rings is 2. The number of ether oxygens (including phenoxy) is 2. The molecule has 0 atom stereocenters. The first-order chi connectivity index (χ1) is 16.4. The van der Waals surface area contributed by atoms with Gasteiger partial charge in [-0.2, -0.15) is 0 Å². The number of nitrogens with one attached hydrogen (secondary N) is 1. The fourth-order valence-electron chi connectivity index (χ4n) is 4.10. The largest absolute Gasteiger partial charge is 0.478 e. The van der Waals surface area contributed by atoms with Crippen LogP contribution in [-0.2, 0) is 27.2 Å². The molecule has 9 heteroatoms. The molecule has 4 N–H and O–H groups in total. The van der Waals surface area contributed by atoms with E-state index < -0.39 is 5.97 Å². The van der Waals surface area contributed by atoms with Crippen LogP contribution in [0, 0.1) is 0 Å². The molecule has 0 radical (unpaired) electrons. The minimum absolute atomic E-state index is 0.171. The quantitative estimate of drug-likeness (QED) is 0.336. The standard InChI is InChI=1S/C25H34N4O5/c1-3-34-23(30)17-29-12-10-28(11-13-29)16-18-5-4-6-19(15-18)27-22-8-7-21(25(31)32)20(24(22)26)9-14-33-2/h4-8,15,27H,3,9-14,16-17,26H2,1-2H3,(H,31,32). The highest BCUT2D eigenvalue weighted by molar-refractivity contribution is 5.94. The number of methoxy groups -OCH3 is 1. The normalized spacial score (nSPS) is 14.6. The zero-order valence-corrected chi connectivity index (χ0v) is 19.9. The van der Waals surface area contributed by atoms with Crippen LogP contribution in [0.15, 0.2) is 36.4 Å². The fraction of sp³-hybridized carbons (Fsp3) is 0.440. The van der Waals surface area contributed by atoms with Gasteiger partial charge in [0.15, 0.2) is 0 Å². The van der Waals surface area contributed by atoms with Gasteiger partial charge in [-0.05, 0) is 48.7 Å². The van der Waals surface area contributed by atoms with E-state index in [0.717, 1.165) is 44.0 Å². The Morgan fingerprint density at radius 2 is 1.85 bits per heavy atom. The average molecular weight is 471 g/mol. The van der Waals surface area contributed by atoms with Crippen molar-refractivity contribution < 1.29 is 24.2 Å². The van der Waals surface area contributed by atoms with Crippen molar-refractivity contribution in [2.75, 3.05) is 64.1 Å². The number of carboxylic acid groups (broad SMARTS) is 1. The predicted molar refractivity (Wildman–Crippen MR) is 131 cm³/mol. The first-order valence-electron chi connectivity index (χ1n) is 11.5. The number of rotatable bonds is 11. The molecule has 184 valence electrons. The zero-order valence-electron chi connectivity index (χ0n) is 19.9. The number of carbonyl (C=O) groups is 2. The number of hydrogen-bond acceptors (Lipinski definition) is 8. The summed E-state index contributed by atoms with van der Waals surface area (Å²) in [6.07, 6.45) is 0.418. The number of nitrogens with zero attached hydrogens (tertiary/aromatic N) is 2. The molecule has 1 saturated heterocycles. The summed E-state index contributed by atoms with van der Waals surface area (Å²) in [5.74, 6) is -1.18. The fourth-order valence-corrected chi connectivity index (χ4v) is 4.10. The van der Waals surface area contributed by atoms with Gasteiger partial charge in [-0.25, -0.2) is 4.79 Å². The van der Waals surface area contributed by atoms with E-state index in [-0.39, 0.29) is 11.5 Å². The lowest BCUT2D eigenvalue weighted by Crippen LogP contribution is -2.47. The molecule has 3 rings (SSSR count). The highest BCUT2D eigenvalue weighted by Gasteiger charge is 2.20. The SMILES string of the molecule is CCOC(=O)CN1CCN(Cc2cccc(Nc3ccc(C(=O)O)c(CCOC)c3N)c2)CC1. The van der Waals surface area contributed by atoms with Crippen LogP contribution in [0.5, 0.6) is 0 Å². The number of esters is 1. The molecule has 2 aromatic carbocycles. The van der Waals surface area contributed by atoms with Crippen molar-refractivity contribution in [2.24, 2.45) is 0 Å². The number of nitrogens with two attached hydrogens (primary N) is 1. The van der Waals surface area contributed by atoms with Gasteiger partial charge in [0.05, 0.1) is 36.7 Å². The Labute approximate surface area is 200 Å². The van der Waals surface area contributed by atoms with Crippen LogP contribution in [0.4, 0.5) is 17.1 Å². The van der Waals surface area contributed by atoms with Crippen LogP contribution >= 0.6 is 0 Å². The summed E-state index contributed by atoms with van der Waals surface area (Å²) in [5, 5.41) is 12.8. The van der Waals surface area contributed by atoms with Gasteiger partial charge >= 0.3 is 11.9 Å². The van der Waals surface area contributed by atoms with Crippen LogP contribution in [0.1, 0.15) is 28.4 Å². The summed E-state index contributed by atoms with van der Waals surface area (Å²) >= 11 is 0. The van der Waals surface area contributed by atoms with Crippen LogP contribution in [0.3, 0.4) is 0 Å². The van der Waals surface area contributed by atoms with E-state index in [1.54, 1.807) is 19.2 Å². The Hall–Kier alpha value is -3.14. The number of piperazine rings is 1. The minimum atomic E-state index is -1.01. The molecule has 0 unspecified atom stereocenters. The summed E-state index contributed by atoms with van der Waals surface area (Å²) in [5.41, 5.74) is 10.2. The van der Waals surface area contributed by atoms with Gasteiger partial charge < -0.3 is 25.6 Å². The average Bonchev–Trinajstić information content (AvgIpc) is 2.81. The Morgan fingerprint density at radius 3 is 2.53 bits per heavy atom. The maximum Gasteiger partial charge on any atom is 0.336 e. The lowest BCUT2D eigenvalue weighted by Gasteiger charge is -2.34. The molecule has 0 bridgehead atoms. The van der Waals surface area contributed by atoms with Crippen molar-refractivity contribution in [3.63, 3.8) is 0 Å². The van der Waals surface area contributed by atoms with Crippen LogP contribution < -0.4 is 11.1 Å². The summed E-state index contributed by atoms with van der Waals surface area (Å²) in [7, 11) is 1.57. The Kier molecular flexibility index (Phi) is 9.26. The number of nitrogen functional groups attached to an aromatic ring is 1. The molecule has 0 spiro atoms. The number of anilines is 3. The van der Waals surface area contributed by atoms with Crippen molar-refractivity contribution in [2.45, 2.75) is 19.9 Å². The van der Waals surface area contributed by atoms with Crippen molar-refractivity contribution in [1.82, 2.24) is 9.80 Å². The third kappa shape index (κ3) is 6.93. The molecule has 1 aliphatic rings. The van der Waals surface area contributed by atoms with E-state index in [1.165, 1.54) is 0 Å². The van der Waals surface area contributed by atoms with Crippen molar-refractivity contribution >= 4 is 29.0 Å². The summed E-state index contributed by atoms with van der Waals surface area (Å²) in [6, 6.07) is 11.4. The molecule has 1 aliphatic heterocycles. The van der Waals surface area contributed by atoms with Crippen LogP contribution in [0.2, 0.25) is 0 Å². The Bertz CT molecular complexity index is 989. The first kappa shape index (κ1) is 25.5. The zero-order chi connectivity index (χ0) is 24.5. The molecular weight excluding hydrogens is 436 g/mol. The molecule has 9 nitrogen and oxygen atoms in total. The lowest BCUT2D eigenvalue weighted by atomic mass is 10.0. The second kappa shape index (κ2) is 12.4. The molecule has 34 heavy (non-hydrogen) atoms. The molecule has 2 aromatic rings. The summed E-state index contributed by atoms with van der Waals surface area (Å²) < 4.78 is 10.2. The van der Waals surface area contributed by atoms with Gasteiger partial charge in [0, 0.05) is 45.5 Å². The second-order valence-corrected chi connectivity index (χ2v) is 8.28.